The summed E-state index contributed by atoms with van der Waals surface area (Å²) in [5.41, 5.74) is 4.99. The lowest BCUT2D eigenvalue weighted by Crippen LogP contribution is -2.40. The van der Waals surface area contributed by atoms with Crippen LogP contribution in [0, 0.1) is 0 Å². The summed E-state index contributed by atoms with van der Waals surface area (Å²) in [5, 5.41) is 1.98. The minimum absolute atomic E-state index is 0.299. The lowest BCUT2D eigenvalue weighted by molar-refractivity contribution is 0.0221. The fourth-order valence-electron chi connectivity index (χ4n) is 2.39. The van der Waals surface area contributed by atoms with Crippen molar-refractivity contribution in [2.45, 2.75) is 39.3 Å². The Morgan fingerprint density at radius 3 is 2.82 bits per heavy atom. The zero-order valence-electron chi connectivity index (χ0n) is 12.9. The van der Waals surface area contributed by atoms with Crippen molar-refractivity contribution in [1.29, 1.82) is 0 Å². The molecule has 0 unspecified atom stereocenters. The van der Waals surface area contributed by atoms with Crippen molar-refractivity contribution in [2.24, 2.45) is 0 Å². The molecule has 2 aromatic rings. The molecule has 0 bridgehead atoms. The van der Waals surface area contributed by atoms with Crippen LogP contribution in [0.15, 0.2) is 17.2 Å². The first-order valence-electron chi connectivity index (χ1n) is 7.13. The SMILES string of the molecule is CC(C)(C)OC(=O)N1CCc2c(ncnc2-c2cscn2)C1. The lowest BCUT2D eigenvalue weighted by Gasteiger charge is -2.31. The van der Waals surface area contributed by atoms with Crippen LogP contribution >= 0.6 is 11.3 Å². The van der Waals surface area contributed by atoms with Gasteiger partial charge >= 0.3 is 6.09 Å². The van der Waals surface area contributed by atoms with Crippen LogP contribution in [0.2, 0.25) is 0 Å². The molecule has 0 atom stereocenters. The summed E-state index contributed by atoms with van der Waals surface area (Å²) in [5.74, 6) is 0. The Morgan fingerprint density at radius 1 is 1.32 bits per heavy atom. The van der Waals surface area contributed by atoms with Gasteiger partial charge in [-0.1, -0.05) is 0 Å². The molecule has 6 nitrogen and oxygen atoms in total. The molecule has 0 saturated carbocycles. The van der Waals surface area contributed by atoms with Gasteiger partial charge in [0.05, 0.1) is 29.1 Å². The molecule has 0 radical (unpaired) electrons. The van der Waals surface area contributed by atoms with Gasteiger partial charge in [-0.25, -0.2) is 19.7 Å². The summed E-state index contributed by atoms with van der Waals surface area (Å²) in [7, 11) is 0. The third-order valence-electron chi connectivity index (χ3n) is 3.33. The van der Waals surface area contributed by atoms with Gasteiger partial charge in [-0.05, 0) is 27.2 Å². The van der Waals surface area contributed by atoms with Gasteiger partial charge in [0.1, 0.15) is 11.9 Å². The molecule has 3 heterocycles. The molecule has 0 saturated heterocycles. The van der Waals surface area contributed by atoms with Crippen LogP contribution in [0.5, 0.6) is 0 Å². The van der Waals surface area contributed by atoms with Crippen LogP contribution in [0.3, 0.4) is 0 Å². The molecule has 1 amide bonds. The number of hydrogen-bond acceptors (Lipinski definition) is 6. The van der Waals surface area contributed by atoms with Crippen molar-refractivity contribution in [3.63, 3.8) is 0 Å². The van der Waals surface area contributed by atoms with Crippen LogP contribution in [0.25, 0.3) is 11.4 Å². The quantitative estimate of drug-likeness (QED) is 0.808. The Morgan fingerprint density at radius 2 is 2.14 bits per heavy atom. The number of carbonyl (C=O) groups excluding carboxylic acids is 1. The summed E-state index contributed by atoms with van der Waals surface area (Å²) < 4.78 is 5.43. The Labute approximate surface area is 133 Å². The molecule has 1 aliphatic rings. The maximum Gasteiger partial charge on any atom is 0.410 e. The average molecular weight is 318 g/mol. The topological polar surface area (TPSA) is 68.2 Å². The number of amides is 1. The number of ether oxygens (including phenoxy) is 1. The van der Waals surface area contributed by atoms with E-state index in [4.69, 9.17) is 4.74 Å². The van der Waals surface area contributed by atoms with E-state index in [9.17, 15) is 4.79 Å². The van der Waals surface area contributed by atoms with Gasteiger partial charge in [-0.15, -0.1) is 11.3 Å². The molecular weight excluding hydrogens is 300 g/mol. The van der Waals surface area contributed by atoms with E-state index >= 15 is 0 Å². The number of hydrogen-bond donors (Lipinski definition) is 0. The van der Waals surface area contributed by atoms with E-state index in [0.717, 1.165) is 22.6 Å². The molecule has 1 aliphatic heterocycles. The van der Waals surface area contributed by atoms with Crippen molar-refractivity contribution in [2.75, 3.05) is 6.54 Å². The largest absolute Gasteiger partial charge is 0.444 e. The molecule has 0 fully saturated rings. The highest BCUT2D eigenvalue weighted by Gasteiger charge is 2.28. The second-order valence-electron chi connectivity index (χ2n) is 6.17. The third kappa shape index (κ3) is 3.09. The summed E-state index contributed by atoms with van der Waals surface area (Å²) in [6.45, 7) is 6.65. The van der Waals surface area contributed by atoms with Crippen molar-refractivity contribution in [1.82, 2.24) is 19.9 Å². The van der Waals surface area contributed by atoms with Crippen molar-refractivity contribution in [3.8, 4) is 11.4 Å². The van der Waals surface area contributed by atoms with Crippen molar-refractivity contribution in [3.05, 3.63) is 28.5 Å². The molecular formula is C15H18N4O2S. The van der Waals surface area contributed by atoms with E-state index < -0.39 is 5.60 Å². The van der Waals surface area contributed by atoms with E-state index in [-0.39, 0.29) is 6.09 Å². The van der Waals surface area contributed by atoms with Gasteiger partial charge in [0.2, 0.25) is 0 Å². The summed E-state index contributed by atoms with van der Waals surface area (Å²) in [6.07, 6.45) is 1.95. The van der Waals surface area contributed by atoms with Gasteiger partial charge in [0.25, 0.3) is 0 Å². The van der Waals surface area contributed by atoms with Crippen LogP contribution < -0.4 is 0 Å². The highest BCUT2D eigenvalue weighted by atomic mass is 32.1. The maximum atomic E-state index is 12.2. The van der Waals surface area contributed by atoms with Gasteiger partial charge in [-0.2, -0.15) is 0 Å². The lowest BCUT2D eigenvalue weighted by atomic mass is 10.0. The Balaban J connectivity index is 1.83. The third-order valence-corrected chi connectivity index (χ3v) is 3.92. The molecule has 0 aliphatic carbocycles. The predicted molar refractivity (Wildman–Crippen MR) is 83.5 cm³/mol. The second-order valence-corrected chi connectivity index (χ2v) is 6.89. The number of aromatic nitrogens is 3. The monoisotopic (exact) mass is 318 g/mol. The minimum Gasteiger partial charge on any atom is -0.444 e. The van der Waals surface area contributed by atoms with Crippen LogP contribution in [-0.4, -0.2) is 38.1 Å². The molecule has 0 aromatic carbocycles. The zero-order valence-corrected chi connectivity index (χ0v) is 13.7. The Kier molecular flexibility index (Phi) is 3.82. The van der Waals surface area contributed by atoms with E-state index in [1.165, 1.54) is 6.33 Å². The fraction of sp³-hybridized carbons (Fsp3) is 0.467. The molecule has 2 aromatic heterocycles. The number of rotatable bonds is 1. The van der Waals surface area contributed by atoms with Gasteiger partial charge in [0, 0.05) is 17.5 Å². The van der Waals surface area contributed by atoms with Crippen LogP contribution in [-0.2, 0) is 17.7 Å². The number of thiazole rings is 1. The number of carbonyl (C=O) groups is 1. The standard InChI is InChI=1S/C15H18N4O2S/c1-15(2,3)21-14(20)19-5-4-10-11(6-19)16-8-17-13(10)12-7-22-9-18-12/h7-9H,4-6H2,1-3H3. The highest BCUT2D eigenvalue weighted by Crippen LogP contribution is 2.27. The Hall–Kier alpha value is -2.02. The Bertz CT molecular complexity index is 679. The van der Waals surface area contributed by atoms with E-state index in [2.05, 4.69) is 15.0 Å². The summed E-state index contributed by atoms with van der Waals surface area (Å²) in [6, 6.07) is 0. The highest BCUT2D eigenvalue weighted by molar-refractivity contribution is 7.07. The smallest absolute Gasteiger partial charge is 0.410 e. The van der Waals surface area contributed by atoms with Gasteiger partial charge in [-0.3, -0.25) is 0 Å². The average Bonchev–Trinajstić information content (AvgIpc) is 2.98. The summed E-state index contributed by atoms with van der Waals surface area (Å²) in [4.78, 5) is 26.9. The minimum atomic E-state index is -0.491. The predicted octanol–water partition coefficient (Wildman–Crippen LogP) is 2.89. The van der Waals surface area contributed by atoms with Gasteiger partial charge in [0.15, 0.2) is 0 Å². The molecule has 116 valence electrons. The van der Waals surface area contributed by atoms with Crippen molar-refractivity contribution >= 4 is 17.4 Å². The molecule has 0 N–H and O–H groups in total. The van der Waals surface area contributed by atoms with Crippen molar-refractivity contribution < 1.29 is 9.53 Å². The molecule has 22 heavy (non-hydrogen) atoms. The fourth-order valence-corrected chi connectivity index (χ4v) is 2.92. The molecule has 7 heteroatoms. The first-order valence-corrected chi connectivity index (χ1v) is 8.07. The van der Waals surface area contributed by atoms with Gasteiger partial charge < -0.3 is 9.64 Å². The summed E-state index contributed by atoms with van der Waals surface area (Å²) >= 11 is 1.54. The van der Waals surface area contributed by atoms with E-state index in [1.54, 1.807) is 21.7 Å². The van der Waals surface area contributed by atoms with Crippen LogP contribution in [0.4, 0.5) is 4.79 Å². The zero-order chi connectivity index (χ0) is 15.7. The second kappa shape index (κ2) is 5.64. The maximum absolute atomic E-state index is 12.2. The van der Waals surface area contributed by atoms with E-state index in [0.29, 0.717) is 19.5 Å². The number of fused-ring (bicyclic) bond motifs is 1. The van der Waals surface area contributed by atoms with E-state index in [1.807, 2.05) is 26.2 Å². The first-order chi connectivity index (χ1) is 10.4. The number of nitrogens with zero attached hydrogens (tertiary/aromatic N) is 4. The molecule has 3 rings (SSSR count). The first kappa shape index (κ1) is 14.9. The van der Waals surface area contributed by atoms with Crippen LogP contribution in [0.1, 0.15) is 32.0 Å². The normalized spacial score (nSPS) is 14.6. The molecule has 0 spiro atoms.